The number of nitrogens with one attached hydrogen (secondary N) is 1. The number of hydrogen-bond donors (Lipinski definition) is 1. The lowest BCUT2D eigenvalue weighted by molar-refractivity contribution is -0.131. The minimum absolute atomic E-state index is 0.0335. The van der Waals surface area contributed by atoms with E-state index in [1.54, 1.807) is 0 Å². The van der Waals surface area contributed by atoms with Crippen LogP contribution in [0.25, 0.3) is 0 Å². The Morgan fingerprint density at radius 1 is 1.33 bits per heavy atom. The molecule has 1 amide bonds. The molecule has 1 aromatic rings. The number of morpholine rings is 1. The molecule has 0 spiro atoms. The lowest BCUT2D eigenvalue weighted by atomic mass is 10.1. The number of likely N-dealkylation sites (N-methyl/N-ethyl adjacent to an activating group) is 1. The van der Waals surface area contributed by atoms with Crippen molar-refractivity contribution < 1.29 is 14.3 Å². The first-order valence-electron chi connectivity index (χ1n) is 7.31. The Kier molecular flexibility index (Phi) is 5.47. The van der Waals surface area contributed by atoms with Crippen molar-refractivity contribution >= 4 is 11.7 Å². The normalized spacial score (nSPS) is 19.2. The number of nitrogens with zero attached hydrogens (tertiary/aromatic N) is 1. The molecule has 1 aliphatic heterocycles. The zero-order valence-corrected chi connectivity index (χ0v) is 12.6. The second kappa shape index (κ2) is 7.33. The number of benzene rings is 1. The van der Waals surface area contributed by atoms with E-state index in [0.29, 0.717) is 31.9 Å². The SMILES string of the molecule is CCNC(=O)C1COCCN1CC(=O)c1ccc(C)cc1. The zero-order valence-electron chi connectivity index (χ0n) is 12.6. The summed E-state index contributed by atoms with van der Waals surface area (Å²) < 4.78 is 5.37. The van der Waals surface area contributed by atoms with Crippen LogP contribution in [0.1, 0.15) is 22.8 Å². The summed E-state index contributed by atoms with van der Waals surface area (Å²) in [7, 11) is 0. The van der Waals surface area contributed by atoms with Gasteiger partial charge in [0.25, 0.3) is 0 Å². The number of carbonyl (C=O) groups is 2. The second-order valence-corrected chi connectivity index (χ2v) is 5.24. The molecule has 1 unspecified atom stereocenters. The summed E-state index contributed by atoms with van der Waals surface area (Å²) in [5.74, 6) is -0.0416. The largest absolute Gasteiger partial charge is 0.378 e. The molecule has 5 nitrogen and oxygen atoms in total. The van der Waals surface area contributed by atoms with E-state index >= 15 is 0 Å². The number of carbonyl (C=O) groups excluding carboxylic acids is 2. The van der Waals surface area contributed by atoms with Crippen LogP contribution in [0, 0.1) is 6.92 Å². The summed E-state index contributed by atoms with van der Waals surface area (Å²) in [5, 5.41) is 2.79. The lowest BCUT2D eigenvalue weighted by Gasteiger charge is -2.33. The number of amides is 1. The average molecular weight is 290 g/mol. The van der Waals surface area contributed by atoms with E-state index in [1.165, 1.54) is 0 Å². The topological polar surface area (TPSA) is 58.6 Å². The Bertz CT molecular complexity index is 499. The molecule has 0 bridgehead atoms. The standard InChI is InChI=1S/C16H22N2O3/c1-3-17-16(20)14-11-21-9-8-18(14)10-15(19)13-6-4-12(2)5-7-13/h4-7,14H,3,8-11H2,1-2H3,(H,17,20). The summed E-state index contributed by atoms with van der Waals surface area (Å²) in [5.41, 5.74) is 1.81. The number of rotatable bonds is 5. The minimum atomic E-state index is -0.381. The first kappa shape index (κ1) is 15.7. The predicted octanol–water partition coefficient (Wildman–Crippen LogP) is 1.01. The van der Waals surface area contributed by atoms with Gasteiger partial charge in [-0.15, -0.1) is 0 Å². The van der Waals surface area contributed by atoms with Crippen LogP contribution in [0.15, 0.2) is 24.3 Å². The molecule has 1 atom stereocenters. The van der Waals surface area contributed by atoms with Crippen molar-refractivity contribution in [2.75, 3.05) is 32.8 Å². The Morgan fingerprint density at radius 3 is 2.71 bits per heavy atom. The summed E-state index contributed by atoms with van der Waals surface area (Å²) >= 11 is 0. The van der Waals surface area contributed by atoms with E-state index in [9.17, 15) is 9.59 Å². The number of hydrogen-bond acceptors (Lipinski definition) is 4. The van der Waals surface area contributed by atoms with Crippen LogP contribution >= 0.6 is 0 Å². The minimum Gasteiger partial charge on any atom is -0.378 e. The number of aryl methyl sites for hydroxylation is 1. The summed E-state index contributed by atoms with van der Waals surface area (Å²) in [4.78, 5) is 26.3. The molecule has 5 heteroatoms. The molecular weight excluding hydrogens is 268 g/mol. The van der Waals surface area contributed by atoms with Gasteiger partial charge in [-0.2, -0.15) is 0 Å². The second-order valence-electron chi connectivity index (χ2n) is 5.24. The van der Waals surface area contributed by atoms with Gasteiger partial charge < -0.3 is 10.1 Å². The van der Waals surface area contributed by atoms with Crippen LogP contribution in [-0.4, -0.2) is 55.5 Å². The predicted molar refractivity (Wildman–Crippen MR) is 80.4 cm³/mol. The van der Waals surface area contributed by atoms with Crippen molar-refractivity contribution in [1.82, 2.24) is 10.2 Å². The Hall–Kier alpha value is -1.72. The molecule has 1 N–H and O–H groups in total. The first-order valence-corrected chi connectivity index (χ1v) is 7.31. The van der Waals surface area contributed by atoms with Gasteiger partial charge in [-0.05, 0) is 13.8 Å². The third-order valence-corrected chi connectivity index (χ3v) is 3.61. The number of ketones is 1. The fraction of sp³-hybridized carbons (Fsp3) is 0.500. The van der Waals surface area contributed by atoms with E-state index in [0.717, 1.165) is 5.56 Å². The molecule has 2 rings (SSSR count). The maximum absolute atomic E-state index is 12.3. The third kappa shape index (κ3) is 4.12. The van der Waals surface area contributed by atoms with Crippen LogP contribution in [0.3, 0.4) is 0 Å². The van der Waals surface area contributed by atoms with Crippen LogP contribution < -0.4 is 5.32 Å². The monoisotopic (exact) mass is 290 g/mol. The molecule has 1 aliphatic rings. The van der Waals surface area contributed by atoms with Gasteiger partial charge in [0, 0.05) is 18.7 Å². The van der Waals surface area contributed by atoms with Gasteiger partial charge >= 0.3 is 0 Å². The summed E-state index contributed by atoms with van der Waals surface area (Å²) in [6, 6.07) is 7.13. The molecule has 0 saturated carbocycles. The van der Waals surface area contributed by atoms with Gasteiger partial charge in [0.05, 0.1) is 19.8 Å². The maximum Gasteiger partial charge on any atom is 0.239 e. The molecule has 0 aliphatic carbocycles. The molecule has 1 saturated heterocycles. The van der Waals surface area contributed by atoms with Crippen molar-refractivity contribution in [3.05, 3.63) is 35.4 Å². The Morgan fingerprint density at radius 2 is 2.05 bits per heavy atom. The van der Waals surface area contributed by atoms with Crippen molar-refractivity contribution in [3.63, 3.8) is 0 Å². The van der Waals surface area contributed by atoms with Crippen molar-refractivity contribution in [2.24, 2.45) is 0 Å². The molecular formula is C16H22N2O3. The molecule has 0 aromatic heterocycles. The molecule has 1 heterocycles. The van der Waals surface area contributed by atoms with Crippen molar-refractivity contribution in [2.45, 2.75) is 19.9 Å². The Balaban J connectivity index is 2.03. The highest BCUT2D eigenvalue weighted by Crippen LogP contribution is 2.10. The fourth-order valence-corrected chi connectivity index (χ4v) is 2.38. The highest BCUT2D eigenvalue weighted by molar-refractivity contribution is 5.98. The van der Waals surface area contributed by atoms with Gasteiger partial charge in [-0.25, -0.2) is 0 Å². The fourth-order valence-electron chi connectivity index (χ4n) is 2.38. The number of ether oxygens (including phenoxy) is 1. The maximum atomic E-state index is 12.3. The highest BCUT2D eigenvalue weighted by atomic mass is 16.5. The van der Waals surface area contributed by atoms with Gasteiger partial charge in [0.1, 0.15) is 6.04 Å². The zero-order chi connectivity index (χ0) is 15.2. The van der Waals surface area contributed by atoms with Crippen LogP contribution in [0.4, 0.5) is 0 Å². The summed E-state index contributed by atoms with van der Waals surface area (Å²) in [6.45, 7) is 6.18. The quantitative estimate of drug-likeness (QED) is 0.822. The van der Waals surface area contributed by atoms with Crippen molar-refractivity contribution in [3.8, 4) is 0 Å². The van der Waals surface area contributed by atoms with Crippen LogP contribution in [-0.2, 0) is 9.53 Å². The summed E-state index contributed by atoms with van der Waals surface area (Å²) in [6.07, 6.45) is 0. The smallest absolute Gasteiger partial charge is 0.239 e. The highest BCUT2D eigenvalue weighted by Gasteiger charge is 2.30. The van der Waals surface area contributed by atoms with Crippen LogP contribution in [0.5, 0.6) is 0 Å². The Labute approximate surface area is 125 Å². The van der Waals surface area contributed by atoms with E-state index in [1.807, 2.05) is 43.0 Å². The van der Waals surface area contributed by atoms with E-state index in [2.05, 4.69) is 5.32 Å². The van der Waals surface area contributed by atoms with Gasteiger partial charge in [0.15, 0.2) is 5.78 Å². The molecule has 1 fully saturated rings. The van der Waals surface area contributed by atoms with Gasteiger partial charge in [-0.1, -0.05) is 29.8 Å². The van der Waals surface area contributed by atoms with Gasteiger partial charge in [0.2, 0.25) is 5.91 Å². The molecule has 0 radical (unpaired) electrons. The van der Waals surface area contributed by atoms with E-state index in [-0.39, 0.29) is 24.3 Å². The van der Waals surface area contributed by atoms with Crippen molar-refractivity contribution in [1.29, 1.82) is 0 Å². The number of Topliss-reactive ketones (excluding diaryl/α,β-unsaturated/α-hetero) is 1. The molecule has 1 aromatic carbocycles. The molecule has 21 heavy (non-hydrogen) atoms. The van der Waals surface area contributed by atoms with Gasteiger partial charge in [-0.3, -0.25) is 14.5 Å². The molecule has 114 valence electrons. The van der Waals surface area contributed by atoms with Crippen LogP contribution in [0.2, 0.25) is 0 Å². The third-order valence-electron chi connectivity index (χ3n) is 3.61. The lowest BCUT2D eigenvalue weighted by Crippen LogP contribution is -2.55. The van der Waals surface area contributed by atoms with E-state index < -0.39 is 0 Å². The average Bonchev–Trinajstić information content (AvgIpc) is 2.48. The van der Waals surface area contributed by atoms with E-state index in [4.69, 9.17) is 4.74 Å². The first-order chi connectivity index (χ1) is 10.1.